The summed E-state index contributed by atoms with van der Waals surface area (Å²) >= 11 is 3.42. The molecule has 0 aromatic heterocycles. The second-order valence-corrected chi connectivity index (χ2v) is 8.19. The van der Waals surface area contributed by atoms with Crippen LogP contribution in [0.1, 0.15) is 23.1 Å². The van der Waals surface area contributed by atoms with E-state index in [2.05, 4.69) is 15.9 Å². The Morgan fingerprint density at radius 2 is 1.55 bits per heavy atom. The van der Waals surface area contributed by atoms with E-state index < -0.39 is 11.5 Å². The molecule has 4 rings (SSSR count). The highest BCUT2D eigenvalue weighted by Gasteiger charge is 2.50. The van der Waals surface area contributed by atoms with Crippen LogP contribution >= 0.6 is 15.9 Å². The van der Waals surface area contributed by atoms with Gasteiger partial charge in [-0.05, 0) is 29.3 Å². The first kappa shape index (κ1) is 19.6. The molecule has 0 saturated heterocycles. The Balaban J connectivity index is 1.65. The van der Waals surface area contributed by atoms with Gasteiger partial charge in [-0.2, -0.15) is 0 Å². The van der Waals surface area contributed by atoms with E-state index in [0.29, 0.717) is 17.8 Å². The van der Waals surface area contributed by atoms with Gasteiger partial charge < -0.3 is 10.0 Å². The van der Waals surface area contributed by atoms with Crippen LogP contribution in [0.3, 0.4) is 0 Å². The van der Waals surface area contributed by atoms with E-state index in [4.69, 9.17) is 0 Å². The van der Waals surface area contributed by atoms with Crippen LogP contribution < -0.4 is 4.90 Å². The van der Waals surface area contributed by atoms with E-state index in [0.717, 1.165) is 15.6 Å². The molecule has 0 bridgehead atoms. The van der Waals surface area contributed by atoms with Gasteiger partial charge in [-0.3, -0.25) is 9.59 Å². The molecule has 0 fully saturated rings. The van der Waals surface area contributed by atoms with Crippen molar-refractivity contribution in [3.63, 3.8) is 0 Å². The van der Waals surface area contributed by atoms with E-state index in [9.17, 15) is 14.7 Å². The number of carbonyl (C=O) groups is 2. The van der Waals surface area contributed by atoms with E-state index in [1.807, 2.05) is 66.7 Å². The van der Waals surface area contributed by atoms with Gasteiger partial charge in [-0.25, -0.2) is 0 Å². The molecule has 0 aliphatic carbocycles. The summed E-state index contributed by atoms with van der Waals surface area (Å²) in [6, 6.07) is 24.3. The maximum Gasteiger partial charge on any atom is 0.264 e. The van der Waals surface area contributed by atoms with Crippen molar-refractivity contribution in [1.29, 1.82) is 0 Å². The van der Waals surface area contributed by atoms with Crippen LogP contribution in [0.2, 0.25) is 0 Å². The number of amides is 1. The maximum atomic E-state index is 13.3. The molecule has 0 unspecified atom stereocenters. The fourth-order valence-corrected chi connectivity index (χ4v) is 4.15. The normalized spacial score (nSPS) is 18.0. The number of anilines is 1. The molecule has 5 heteroatoms. The highest BCUT2D eigenvalue weighted by Crippen LogP contribution is 2.44. The van der Waals surface area contributed by atoms with Crippen LogP contribution in [-0.2, 0) is 28.2 Å². The number of benzene rings is 3. The maximum absolute atomic E-state index is 13.3. The molecule has 1 aliphatic rings. The first-order chi connectivity index (χ1) is 14.0. The molecular weight excluding hydrogens is 430 g/mol. The third-order valence-electron chi connectivity index (χ3n) is 5.17. The highest BCUT2D eigenvalue weighted by atomic mass is 79.9. The minimum Gasteiger partial charge on any atom is -0.375 e. The molecule has 0 saturated carbocycles. The largest absolute Gasteiger partial charge is 0.375 e. The van der Waals surface area contributed by atoms with Crippen LogP contribution in [0.5, 0.6) is 0 Å². The van der Waals surface area contributed by atoms with Crippen molar-refractivity contribution in [1.82, 2.24) is 0 Å². The summed E-state index contributed by atoms with van der Waals surface area (Å²) < 4.78 is 0.750. The molecule has 146 valence electrons. The lowest BCUT2D eigenvalue weighted by molar-refractivity contribution is -0.141. The topological polar surface area (TPSA) is 57.6 Å². The van der Waals surface area contributed by atoms with Crippen molar-refractivity contribution >= 4 is 33.3 Å². The van der Waals surface area contributed by atoms with Gasteiger partial charge in [-0.15, -0.1) is 0 Å². The minimum atomic E-state index is -1.86. The first-order valence-corrected chi connectivity index (χ1v) is 10.2. The summed E-state index contributed by atoms with van der Waals surface area (Å²) in [5.74, 6) is -0.643. The Bertz CT molecular complexity index is 1050. The fourth-order valence-electron chi connectivity index (χ4n) is 3.79. The van der Waals surface area contributed by atoms with E-state index in [1.54, 1.807) is 17.0 Å². The zero-order chi connectivity index (χ0) is 20.4. The van der Waals surface area contributed by atoms with Crippen molar-refractivity contribution in [2.45, 2.75) is 25.0 Å². The molecule has 3 aromatic carbocycles. The minimum absolute atomic E-state index is 0.179. The van der Waals surface area contributed by atoms with Crippen LogP contribution in [0.25, 0.3) is 0 Å². The fraction of sp³-hybridized carbons (Fsp3) is 0.167. The Hall–Kier alpha value is -2.76. The van der Waals surface area contributed by atoms with Gasteiger partial charge in [0.15, 0.2) is 5.60 Å². The molecule has 1 N–H and O–H groups in total. The van der Waals surface area contributed by atoms with Crippen molar-refractivity contribution in [3.05, 3.63) is 100 Å². The number of ketones is 1. The third kappa shape index (κ3) is 3.88. The van der Waals surface area contributed by atoms with Crippen LogP contribution in [-0.4, -0.2) is 16.8 Å². The molecule has 1 amide bonds. The van der Waals surface area contributed by atoms with E-state index in [-0.39, 0.29) is 18.6 Å². The zero-order valence-corrected chi connectivity index (χ0v) is 17.3. The molecule has 29 heavy (non-hydrogen) atoms. The van der Waals surface area contributed by atoms with Gasteiger partial charge in [0.25, 0.3) is 5.91 Å². The predicted octanol–water partition coefficient (Wildman–Crippen LogP) is 4.39. The SMILES string of the molecule is O=C(Cc1ccccc1)C[C@]1(O)C(=O)N(Cc2ccccc2)c2ccc(Br)cc21. The molecule has 1 aliphatic heterocycles. The number of Topliss-reactive ketones (excluding diaryl/α,β-unsaturated/α-hetero) is 1. The third-order valence-corrected chi connectivity index (χ3v) is 5.67. The van der Waals surface area contributed by atoms with Gasteiger partial charge in [0, 0.05) is 22.9 Å². The second kappa shape index (κ2) is 7.93. The molecule has 4 nitrogen and oxygen atoms in total. The Kier molecular flexibility index (Phi) is 5.35. The number of aliphatic hydroxyl groups is 1. The smallest absolute Gasteiger partial charge is 0.264 e. The van der Waals surface area contributed by atoms with Crippen LogP contribution in [0.4, 0.5) is 5.69 Å². The van der Waals surface area contributed by atoms with Crippen LogP contribution in [0, 0.1) is 0 Å². The number of fused-ring (bicyclic) bond motifs is 1. The standard InChI is InChI=1S/C24H20BrNO3/c25-19-11-12-22-21(14-19)24(29,15-20(27)13-17-7-3-1-4-8-17)23(28)26(22)16-18-9-5-2-6-10-18/h1-12,14,29H,13,15-16H2/t24-/m1/s1. The molecular formula is C24H20BrNO3. The summed E-state index contributed by atoms with van der Waals surface area (Å²) in [4.78, 5) is 27.6. The number of halogens is 1. The van der Waals surface area contributed by atoms with Crippen molar-refractivity contribution in [2.24, 2.45) is 0 Å². The number of nitrogens with zero attached hydrogens (tertiary/aromatic N) is 1. The predicted molar refractivity (Wildman–Crippen MR) is 115 cm³/mol. The summed E-state index contributed by atoms with van der Waals surface area (Å²) in [6.07, 6.45) is -0.0755. The van der Waals surface area contributed by atoms with Crippen LogP contribution in [0.15, 0.2) is 83.3 Å². The average molecular weight is 450 g/mol. The molecule has 1 atom stereocenters. The van der Waals surface area contributed by atoms with E-state index in [1.165, 1.54) is 0 Å². The quantitative estimate of drug-likeness (QED) is 0.607. The van der Waals surface area contributed by atoms with E-state index >= 15 is 0 Å². The average Bonchev–Trinajstić information content (AvgIpc) is 2.91. The molecule has 0 radical (unpaired) electrons. The Morgan fingerprint density at radius 3 is 2.21 bits per heavy atom. The number of carbonyl (C=O) groups excluding carboxylic acids is 2. The summed E-state index contributed by atoms with van der Waals surface area (Å²) in [7, 11) is 0. The lowest BCUT2D eigenvalue weighted by Crippen LogP contribution is -2.41. The summed E-state index contributed by atoms with van der Waals surface area (Å²) in [5, 5.41) is 11.4. The van der Waals surface area contributed by atoms with Gasteiger partial charge in [-0.1, -0.05) is 76.6 Å². The number of hydrogen-bond acceptors (Lipinski definition) is 3. The first-order valence-electron chi connectivity index (χ1n) is 9.41. The van der Waals surface area contributed by atoms with Gasteiger partial charge in [0.05, 0.1) is 12.2 Å². The monoisotopic (exact) mass is 449 g/mol. The van der Waals surface area contributed by atoms with Gasteiger partial charge in [0.1, 0.15) is 5.78 Å². The summed E-state index contributed by atoms with van der Waals surface area (Å²) in [6.45, 7) is 0.337. The number of rotatable bonds is 6. The van der Waals surface area contributed by atoms with Gasteiger partial charge >= 0.3 is 0 Å². The molecule has 3 aromatic rings. The second-order valence-electron chi connectivity index (χ2n) is 7.28. The summed E-state index contributed by atoms with van der Waals surface area (Å²) in [5.41, 5.74) is 1.06. The molecule has 0 spiro atoms. The Labute approximate surface area is 177 Å². The Morgan fingerprint density at radius 1 is 0.931 bits per heavy atom. The number of hydrogen-bond donors (Lipinski definition) is 1. The lowest BCUT2D eigenvalue weighted by atomic mass is 9.88. The highest BCUT2D eigenvalue weighted by molar-refractivity contribution is 9.10. The zero-order valence-electron chi connectivity index (χ0n) is 15.7. The molecule has 1 heterocycles. The van der Waals surface area contributed by atoms with Crippen molar-refractivity contribution in [3.8, 4) is 0 Å². The lowest BCUT2D eigenvalue weighted by Gasteiger charge is -2.23. The van der Waals surface area contributed by atoms with Crippen molar-refractivity contribution in [2.75, 3.05) is 4.90 Å². The van der Waals surface area contributed by atoms with Gasteiger partial charge in [0.2, 0.25) is 0 Å². The van der Waals surface area contributed by atoms with Crippen molar-refractivity contribution < 1.29 is 14.7 Å².